The Hall–Kier alpha value is -2.15. The van der Waals surface area contributed by atoms with Crippen LogP contribution in [0.5, 0.6) is 0 Å². The van der Waals surface area contributed by atoms with E-state index >= 15 is 0 Å². The molecule has 25 heavy (non-hydrogen) atoms. The second kappa shape index (κ2) is 7.00. The molecule has 1 aliphatic heterocycles. The molecule has 2 aromatic heterocycles. The summed E-state index contributed by atoms with van der Waals surface area (Å²) < 4.78 is 13.4. The van der Waals surface area contributed by atoms with Crippen LogP contribution in [0.25, 0.3) is 0 Å². The summed E-state index contributed by atoms with van der Waals surface area (Å²) in [5.41, 5.74) is 1.66. The van der Waals surface area contributed by atoms with Gasteiger partial charge < -0.3 is 18.6 Å². The molecule has 3 heterocycles. The smallest absolute Gasteiger partial charge is 0.291 e. The minimum absolute atomic E-state index is 0.117. The van der Waals surface area contributed by atoms with Crippen molar-refractivity contribution in [2.75, 3.05) is 19.8 Å². The number of carbonyl (C=O) groups is 1. The molecule has 0 saturated heterocycles. The van der Waals surface area contributed by atoms with Crippen molar-refractivity contribution >= 4 is 5.91 Å². The van der Waals surface area contributed by atoms with Crippen molar-refractivity contribution < 1.29 is 13.9 Å². The van der Waals surface area contributed by atoms with E-state index < -0.39 is 0 Å². The second-order valence-electron chi connectivity index (χ2n) is 7.19. The van der Waals surface area contributed by atoms with E-state index in [9.17, 15) is 4.79 Å². The summed E-state index contributed by atoms with van der Waals surface area (Å²) in [6, 6.07) is 0. The van der Waals surface area contributed by atoms with Crippen molar-refractivity contribution in [3.05, 3.63) is 36.1 Å². The molecule has 2 aliphatic rings. The zero-order valence-electron chi connectivity index (χ0n) is 14.6. The zero-order valence-corrected chi connectivity index (χ0v) is 14.6. The maximum atomic E-state index is 12.9. The van der Waals surface area contributed by atoms with Gasteiger partial charge in [-0.2, -0.15) is 0 Å². The fourth-order valence-corrected chi connectivity index (χ4v) is 3.52. The summed E-state index contributed by atoms with van der Waals surface area (Å²) in [5, 5.41) is 0. The minimum Gasteiger partial charge on any atom is -0.438 e. The summed E-state index contributed by atoms with van der Waals surface area (Å²) in [6.07, 6.45) is 8.88. The van der Waals surface area contributed by atoms with Crippen LogP contribution in [0.2, 0.25) is 0 Å². The quantitative estimate of drug-likeness (QED) is 0.832. The van der Waals surface area contributed by atoms with Crippen LogP contribution in [0.3, 0.4) is 0 Å². The number of hydrogen-bond acceptors (Lipinski definition) is 5. The topological polar surface area (TPSA) is 73.4 Å². The Morgan fingerprint density at radius 2 is 2.16 bits per heavy atom. The molecule has 4 rings (SSSR count). The third kappa shape index (κ3) is 3.46. The fourth-order valence-electron chi connectivity index (χ4n) is 3.52. The average molecular weight is 344 g/mol. The molecule has 0 spiro atoms. The van der Waals surface area contributed by atoms with Gasteiger partial charge in [0.05, 0.1) is 30.9 Å². The highest BCUT2D eigenvalue weighted by atomic mass is 16.5. The summed E-state index contributed by atoms with van der Waals surface area (Å²) in [4.78, 5) is 23.0. The zero-order chi connectivity index (χ0) is 17.2. The molecule has 0 N–H and O–H groups in total. The number of rotatable bonds is 5. The van der Waals surface area contributed by atoms with Crippen molar-refractivity contribution in [2.24, 2.45) is 11.8 Å². The number of hydrogen-bond donors (Lipinski definition) is 0. The first-order chi connectivity index (χ1) is 12.2. The van der Waals surface area contributed by atoms with Gasteiger partial charge in [0.15, 0.2) is 6.39 Å². The van der Waals surface area contributed by atoms with Crippen LogP contribution in [0.4, 0.5) is 0 Å². The molecule has 1 fully saturated rings. The number of nitrogens with zero attached hydrogens (tertiary/aromatic N) is 4. The Kier molecular flexibility index (Phi) is 4.57. The van der Waals surface area contributed by atoms with Gasteiger partial charge in [0.2, 0.25) is 5.76 Å². The number of carbonyl (C=O) groups excluding carboxylic acids is 1. The number of oxazole rings is 1. The first-order valence-corrected chi connectivity index (χ1v) is 8.97. The van der Waals surface area contributed by atoms with Crippen LogP contribution >= 0.6 is 0 Å². The van der Waals surface area contributed by atoms with Gasteiger partial charge in [-0.25, -0.2) is 9.97 Å². The van der Waals surface area contributed by atoms with E-state index in [2.05, 4.69) is 14.5 Å². The highest BCUT2D eigenvalue weighted by Gasteiger charge is 2.29. The van der Waals surface area contributed by atoms with Crippen LogP contribution in [0, 0.1) is 18.8 Å². The van der Waals surface area contributed by atoms with E-state index in [1.54, 1.807) is 6.92 Å². The van der Waals surface area contributed by atoms with E-state index in [1.165, 1.54) is 25.7 Å². The predicted molar refractivity (Wildman–Crippen MR) is 89.9 cm³/mol. The van der Waals surface area contributed by atoms with Gasteiger partial charge in [0, 0.05) is 31.8 Å². The molecule has 1 atom stereocenters. The Balaban J connectivity index is 1.46. The number of fused-ring (bicyclic) bond motifs is 1. The Morgan fingerprint density at radius 3 is 2.88 bits per heavy atom. The van der Waals surface area contributed by atoms with Gasteiger partial charge in [-0.05, 0) is 25.7 Å². The normalized spacial score (nSPS) is 20.8. The molecule has 134 valence electrons. The van der Waals surface area contributed by atoms with Crippen LogP contribution in [0.15, 0.2) is 23.3 Å². The van der Waals surface area contributed by atoms with Crippen LogP contribution in [-0.4, -0.2) is 45.1 Å². The highest BCUT2D eigenvalue weighted by Crippen LogP contribution is 2.27. The van der Waals surface area contributed by atoms with Gasteiger partial charge in [-0.3, -0.25) is 4.79 Å². The molecular weight excluding hydrogens is 320 g/mol. The highest BCUT2D eigenvalue weighted by molar-refractivity contribution is 5.92. The van der Waals surface area contributed by atoms with E-state index in [0.717, 1.165) is 24.8 Å². The first-order valence-electron chi connectivity index (χ1n) is 8.97. The monoisotopic (exact) mass is 344 g/mol. The standard InChI is InChI=1S/C18H24N4O3/c1-13-17(25-12-20-13)18(23)21-6-15(10-24-9-14-3-2-4-14)7-22-11-19-5-16(22)8-21/h5,11-12,14-15H,2-4,6-10H2,1H3/t15-/m0/s1. The molecule has 7 heteroatoms. The van der Waals surface area contributed by atoms with Crippen LogP contribution < -0.4 is 0 Å². The van der Waals surface area contributed by atoms with E-state index in [-0.39, 0.29) is 11.8 Å². The third-order valence-corrected chi connectivity index (χ3v) is 5.24. The number of ether oxygens (including phenoxy) is 1. The van der Waals surface area contributed by atoms with Crippen molar-refractivity contribution in [3.63, 3.8) is 0 Å². The molecule has 1 aliphatic carbocycles. The minimum atomic E-state index is -0.117. The largest absolute Gasteiger partial charge is 0.438 e. The second-order valence-corrected chi connectivity index (χ2v) is 7.19. The van der Waals surface area contributed by atoms with Crippen molar-refractivity contribution in [1.29, 1.82) is 0 Å². The van der Waals surface area contributed by atoms with E-state index in [4.69, 9.17) is 9.15 Å². The van der Waals surface area contributed by atoms with Crippen molar-refractivity contribution in [3.8, 4) is 0 Å². The van der Waals surface area contributed by atoms with Crippen molar-refractivity contribution in [1.82, 2.24) is 19.4 Å². The first kappa shape index (κ1) is 16.3. The lowest BCUT2D eigenvalue weighted by Crippen LogP contribution is -2.35. The average Bonchev–Trinajstić information content (AvgIpc) is 3.13. The maximum Gasteiger partial charge on any atom is 0.291 e. The van der Waals surface area contributed by atoms with Crippen LogP contribution in [-0.2, 0) is 17.8 Å². The van der Waals surface area contributed by atoms with E-state index in [0.29, 0.717) is 31.2 Å². The summed E-state index contributed by atoms with van der Waals surface area (Å²) >= 11 is 0. The van der Waals surface area contributed by atoms with Crippen molar-refractivity contribution in [2.45, 2.75) is 39.3 Å². The Bertz CT molecular complexity index is 734. The van der Waals surface area contributed by atoms with Gasteiger partial charge in [-0.15, -0.1) is 0 Å². The number of amides is 1. The fraction of sp³-hybridized carbons (Fsp3) is 0.611. The molecule has 0 aromatic carbocycles. The Morgan fingerprint density at radius 1 is 1.32 bits per heavy atom. The molecule has 1 amide bonds. The molecule has 1 saturated carbocycles. The molecular formula is C18H24N4O3. The summed E-state index contributed by atoms with van der Waals surface area (Å²) in [6.45, 7) is 5.27. The third-order valence-electron chi connectivity index (χ3n) is 5.24. The lowest BCUT2D eigenvalue weighted by Gasteiger charge is -2.27. The van der Waals surface area contributed by atoms with Gasteiger partial charge in [-0.1, -0.05) is 6.42 Å². The molecule has 0 radical (unpaired) electrons. The predicted octanol–water partition coefficient (Wildman–Crippen LogP) is 2.27. The number of aryl methyl sites for hydroxylation is 1. The summed E-state index contributed by atoms with van der Waals surface area (Å²) in [5.74, 6) is 1.17. The van der Waals surface area contributed by atoms with Crippen LogP contribution in [0.1, 0.15) is 41.2 Å². The Labute approximate surface area is 147 Å². The van der Waals surface area contributed by atoms with Gasteiger partial charge in [0.1, 0.15) is 0 Å². The SMILES string of the molecule is Cc1ncoc1C(=O)N1Cc2cncn2C[C@@H](COCC2CCC2)C1. The summed E-state index contributed by atoms with van der Waals surface area (Å²) in [7, 11) is 0. The van der Waals surface area contributed by atoms with Gasteiger partial charge in [0.25, 0.3) is 5.91 Å². The number of imidazole rings is 1. The molecule has 2 aromatic rings. The van der Waals surface area contributed by atoms with E-state index in [1.807, 2.05) is 17.4 Å². The molecule has 0 bridgehead atoms. The number of aromatic nitrogens is 3. The lowest BCUT2D eigenvalue weighted by molar-refractivity contribution is 0.0339. The molecule has 0 unspecified atom stereocenters. The van der Waals surface area contributed by atoms with Gasteiger partial charge >= 0.3 is 0 Å². The maximum absolute atomic E-state index is 12.9. The molecule has 7 nitrogen and oxygen atoms in total. The lowest BCUT2D eigenvalue weighted by atomic mass is 9.86.